The lowest BCUT2D eigenvalue weighted by Gasteiger charge is -2.06. The first-order valence-corrected chi connectivity index (χ1v) is 9.07. The highest BCUT2D eigenvalue weighted by Gasteiger charge is 2.12. The zero-order valence-corrected chi connectivity index (χ0v) is 15.8. The molecule has 0 radical (unpaired) electrons. The van der Waals surface area contributed by atoms with E-state index in [1.165, 1.54) is 0 Å². The number of aromatic carboxylic acids is 1. The highest BCUT2D eigenvalue weighted by atomic mass is 35.5. The van der Waals surface area contributed by atoms with Crippen LogP contribution in [0.2, 0.25) is 5.02 Å². The smallest absolute Gasteiger partial charge is 0.336 e. The number of hydrogen-bond acceptors (Lipinski definition) is 3. The fourth-order valence-corrected chi connectivity index (χ4v) is 3.32. The molecule has 0 unspecified atom stereocenters. The summed E-state index contributed by atoms with van der Waals surface area (Å²) in [6, 6.07) is 18.2. The number of fused-ring (bicyclic) bond motifs is 1. The molecule has 2 heterocycles. The van der Waals surface area contributed by atoms with Gasteiger partial charge in [0.15, 0.2) is 0 Å². The van der Waals surface area contributed by atoms with Crippen molar-refractivity contribution in [1.29, 1.82) is 0 Å². The molecule has 2 aromatic carbocycles. The SMILES string of the molecule is Cc1cccc2c(C(=O)O)cc(/C=C/c3ccc(-c4ccccc4Cl)o3)nc12. The highest BCUT2D eigenvalue weighted by Crippen LogP contribution is 2.29. The number of aromatic nitrogens is 1. The number of aryl methyl sites for hydroxylation is 1. The molecular formula is C23H16ClNO3. The van der Waals surface area contributed by atoms with Crippen molar-refractivity contribution in [3.05, 3.63) is 88.3 Å². The molecule has 0 aliphatic rings. The standard InChI is InChI=1S/C23H16ClNO3/c1-14-5-4-7-17-19(23(26)27)13-15(25-22(14)17)9-10-16-11-12-21(28-16)18-6-2-3-8-20(18)24/h2-13H,1H3,(H,26,27)/b10-9+. The maximum atomic E-state index is 11.7. The van der Waals surface area contributed by atoms with E-state index in [1.54, 1.807) is 24.3 Å². The molecule has 0 saturated carbocycles. The summed E-state index contributed by atoms with van der Waals surface area (Å²) >= 11 is 6.21. The first kappa shape index (κ1) is 18.0. The Balaban J connectivity index is 1.71. The molecule has 0 aliphatic heterocycles. The number of halogens is 1. The van der Waals surface area contributed by atoms with Crippen LogP contribution < -0.4 is 0 Å². The van der Waals surface area contributed by atoms with Gasteiger partial charge in [-0.05, 0) is 55.0 Å². The van der Waals surface area contributed by atoms with Crippen LogP contribution in [0.4, 0.5) is 0 Å². The normalized spacial score (nSPS) is 11.4. The van der Waals surface area contributed by atoms with E-state index in [9.17, 15) is 9.90 Å². The van der Waals surface area contributed by atoms with Crippen LogP contribution in [-0.2, 0) is 0 Å². The third kappa shape index (κ3) is 3.42. The number of pyridine rings is 1. The van der Waals surface area contributed by atoms with Crippen molar-refractivity contribution in [2.24, 2.45) is 0 Å². The first-order chi connectivity index (χ1) is 13.5. The maximum Gasteiger partial charge on any atom is 0.336 e. The third-order valence-electron chi connectivity index (χ3n) is 4.48. The number of rotatable bonds is 4. The van der Waals surface area contributed by atoms with Crippen LogP contribution in [0.3, 0.4) is 0 Å². The summed E-state index contributed by atoms with van der Waals surface area (Å²) in [6.07, 6.45) is 3.51. The zero-order valence-electron chi connectivity index (χ0n) is 15.0. The van der Waals surface area contributed by atoms with E-state index < -0.39 is 5.97 Å². The lowest BCUT2D eigenvalue weighted by molar-refractivity contribution is 0.0699. The molecule has 5 heteroatoms. The molecule has 4 aromatic rings. The molecule has 0 saturated heterocycles. The average Bonchev–Trinajstić information content (AvgIpc) is 3.15. The summed E-state index contributed by atoms with van der Waals surface area (Å²) in [7, 11) is 0. The second kappa shape index (κ2) is 7.33. The van der Waals surface area contributed by atoms with Crippen molar-refractivity contribution in [1.82, 2.24) is 4.98 Å². The van der Waals surface area contributed by atoms with Gasteiger partial charge in [0.1, 0.15) is 11.5 Å². The Morgan fingerprint density at radius 2 is 1.89 bits per heavy atom. The molecule has 0 bridgehead atoms. The van der Waals surface area contributed by atoms with Crippen molar-refractivity contribution in [2.75, 3.05) is 0 Å². The van der Waals surface area contributed by atoms with Gasteiger partial charge in [-0.15, -0.1) is 0 Å². The van der Waals surface area contributed by atoms with Gasteiger partial charge in [-0.3, -0.25) is 0 Å². The van der Waals surface area contributed by atoms with E-state index in [0.29, 0.717) is 33.1 Å². The Labute approximate surface area is 166 Å². The minimum absolute atomic E-state index is 0.226. The summed E-state index contributed by atoms with van der Waals surface area (Å²) in [4.78, 5) is 16.3. The van der Waals surface area contributed by atoms with Crippen molar-refractivity contribution in [2.45, 2.75) is 6.92 Å². The van der Waals surface area contributed by atoms with Gasteiger partial charge in [-0.1, -0.05) is 41.9 Å². The lowest BCUT2D eigenvalue weighted by atomic mass is 10.0. The van der Waals surface area contributed by atoms with Crippen LogP contribution in [0.25, 0.3) is 34.4 Å². The summed E-state index contributed by atoms with van der Waals surface area (Å²) in [5.41, 5.74) is 3.20. The van der Waals surface area contributed by atoms with E-state index in [1.807, 2.05) is 55.5 Å². The van der Waals surface area contributed by atoms with Gasteiger partial charge >= 0.3 is 5.97 Å². The zero-order chi connectivity index (χ0) is 19.7. The molecular weight excluding hydrogens is 374 g/mol. The predicted molar refractivity (Wildman–Crippen MR) is 112 cm³/mol. The molecule has 0 aliphatic carbocycles. The van der Waals surface area contributed by atoms with Gasteiger partial charge in [-0.25, -0.2) is 9.78 Å². The number of para-hydroxylation sites is 1. The Morgan fingerprint density at radius 3 is 2.68 bits per heavy atom. The third-order valence-corrected chi connectivity index (χ3v) is 4.81. The summed E-state index contributed by atoms with van der Waals surface area (Å²) in [6.45, 7) is 1.91. The quantitative estimate of drug-likeness (QED) is 0.443. The molecule has 4 rings (SSSR count). The largest absolute Gasteiger partial charge is 0.478 e. The Morgan fingerprint density at radius 1 is 1.07 bits per heavy atom. The van der Waals surface area contributed by atoms with Crippen molar-refractivity contribution in [3.63, 3.8) is 0 Å². The van der Waals surface area contributed by atoms with Crippen molar-refractivity contribution < 1.29 is 14.3 Å². The predicted octanol–water partition coefficient (Wildman–Crippen LogP) is 6.33. The Hall–Kier alpha value is -3.37. The van der Waals surface area contributed by atoms with Gasteiger partial charge < -0.3 is 9.52 Å². The number of carboxylic acids is 1. The van der Waals surface area contributed by atoms with Crippen LogP contribution in [0.5, 0.6) is 0 Å². The number of nitrogens with zero attached hydrogens (tertiary/aromatic N) is 1. The number of carbonyl (C=O) groups is 1. The minimum atomic E-state index is -0.980. The van der Waals surface area contributed by atoms with Crippen molar-refractivity contribution in [3.8, 4) is 11.3 Å². The number of benzene rings is 2. The van der Waals surface area contributed by atoms with E-state index in [0.717, 1.165) is 11.1 Å². The van der Waals surface area contributed by atoms with Gasteiger partial charge in [0.2, 0.25) is 0 Å². The summed E-state index contributed by atoms with van der Waals surface area (Å²) in [5.74, 6) is 0.309. The molecule has 138 valence electrons. The highest BCUT2D eigenvalue weighted by molar-refractivity contribution is 6.33. The molecule has 0 fully saturated rings. The fourth-order valence-electron chi connectivity index (χ4n) is 3.09. The molecule has 0 amide bonds. The second-order valence-electron chi connectivity index (χ2n) is 6.39. The molecule has 1 N–H and O–H groups in total. The van der Waals surface area contributed by atoms with Crippen molar-refractivity contribution >= 4 is 40.6 Å². The summed E-state index contributed by atoms with van der Waals surface area (Å²) in [5, 5.41) is 10.8. The van der Waals surface area contributed by atoms with Crippen LogP contribution in [0.1, 0.15) is 27.4 Å². The maximum absolute atomic E-state index is 11.7. The molecule has 0 atom stereocenters. The first-order valence-electron chi connectivity index (χ1n) is 8.69. The number of carboxylic acid groups (broad SMARTS) is 1. The molecule has 2 aromatic heterocycles. The van der Waals surface area contributed by atoms with Crippen LogP contribution in [0.15, 0.2) is 65.1 Å². The summed E-state index contributed by atoms with van der Waals surface area (Å²) < 4.78 is 5.85. The monoisotopic (exact) mass is 389 g/mol. The topological polar surface area (TPSA) is 63.3 Å². The van der Waals surface area contributed by atoms with Crippen LogP contribution in [-0.4, -0.2) is 16.1 Å². The van der Waals surface area contributed by atoms with E-state index in [4.69, 9.17) is 16.0 Å². The average molecular weight is 390 g/mol. The minimum Gasteiger partial charge on any atom is -0.478 e. The van der Waals surface area contributed by atoms with Gasteiger partial charge in [0, 0.05) is 10.9 Å². The van der Waals surface area contributed by atoms with Gasteiger partial charge in [0.05, 0.1) is 21.8 Å². The number of hydrogen-bond donors (Lipinski definition) is 1. The molecule has 0 spiro atoms. The van der Waals surface area contributed by atoms with Gasteiger partial charge in [-0.2, -0.15) is 0 Å². The number of furan rings is 1. The lowest BCUT2D eigenvalue weighted by Crippen LogP contribution is -2.01. The van der Waals surface area contributed by atoms with E-state index in [2.05, 4.69) is 4.98 Å². The van der Waals surface area contributed by atoms with Crippen LogP contribution >= 0.6 is 11.6 Å². The Kier molecular flexibility index (Phi) is 4.72. The van der Waals surface area contributed by atoms with Gasteiger partial charge in [0.25, 0.3) is 0 Å². The molecule has 28 heavy (non-hydrogen) atoms. The fraction of sp³-hybridized carbons (Fsp3) is 0.0435. The Bertz CT molecular complexity index is 1220. The molecule has 4 nitrogen and oxygen atoms in total. The second-order valence-corrected chi connectivity index (χ2v) is 6.79. The van der Waals surface area contributed by atoms with E-state index in [-0.39, 0.29) is 5.56 Å². The van der Waals surface area contributed by atoms with E-state index >= 15 is 0 Å². The van der Waals surface area contributed by atoms with Crippen LogP contribution in [0, 0.1) is 6.92 Å².